The number of nitrogens with zero attached hydrogens (tertiary/aromatic N) is 2. The SMILES string of the molecule is CC1=C(C)C(N)(C2CCC(F)(F)CC2)NC(=NCc2ccccn2)N1. The number of aliphatic imine (C=N–C) groups is 1. The molecule has 2 aliphatic rings. The summed E-state index contributed by atoms with van der Waals surface area (Å²) in [6.07, 6.45) is 2.29. The summed E-state index contributed by atoms with van der Waals surface area (Å²) in [7, 11) is 0. The highest BCUT2D eigenvalue weighted by molar-refractivity contribution is 5.84. The molecule has 2 heterocycles. The average molecular weight is 349 g/mol. The zero-order chi connectivity index (χ0) is 18.1. The fraction of sp³-hybridized carbons (Fsp3) is 0.556. The fourth-order valence-electron chi connectivity index (χ4n) is 3.54. The number of halogens is 2. The summed E-state index contributed by atoms with van der Waals surface area (Å²) in [5.74, 6) is -2.06. The molecule has 1 fully saturated rings. The molecule has 0 saturated heterocycles. The Bertz CT molecular complexity index is 676. The van der Waals surface area contributed by atoms with Crippen LogP contribution >= 0.6 is 0 Å². The number of alkyl halides is 2. The first-order chi connectivity index (χ1) is 11.8. The molecular formula is C18H25F2N5. The van der Waals surface area contributed by atoms with Crippen molar-refractivity contribution in [3.63, 3.8) is 0 Å². The van der Waals surface area contributed by atoms with Gasteiger partial charge in [0.2, 0.25) is 5.92 Å². The maximum Gasteiger partial charge on any atom is 0.248 e. The number of guanidine groups is 1. The zero-order valence-electron chi connectivity index (χ0n) is 14.6. The van der Waals surface area contributed by atoms with Crippen LogP contribution in [0.3, 0.4) is 0 Å². The molecule has 3 rings (SSSR count). The van der Waals surface area contributed by atoms with Crippen molar-refractivity contribution in [1.82, 2.24) is 15.6 Å². The molecule has 1 aromatic rings. The minimum atomic E-state index is -2.57. The van der Waals surface area contributed by atoms with Crippen LogP contribution in [0, 0.1) is 5.92 Å². The van der Waals surface area contributed by atoms with Gasteiger partial charge in [-0.05, 0) is 50.3 Å². The second-order valence-electron chi connectivity index (χ2n) is 6.99. The monoisotopic (exact) mass is 349 g/mol. The molecule has 5 nitrogen and oxygen atoms in total. The maximum absolute atomic E-state index is 13.5. The lowest BCUT2D eigenvalue weighted by Gasteiger charge is -2.46. The third-order valence-corrected chi connectivity index (χ3v) is 5.30. The Morgan fingerprint density at radius 2 is 2.00 bits per heavy atom. The van der Waals surface area contributed by atoms with Crippen LogP contribution in [-0.4, -0.2) is 22.5 Å². The normalized spacial score (nSPS) is 28.6. The van der Waals surface area contributed by atoms with E-state index in [1.165, 1.54) is 0 Å². The van der Waals surface area contributed by atoms with E-state index in [9.17, 15) is 8.78 Å². The van der Waals surface area contributed by atoms with Crippen molar-refractivity contribution in [2.45, 2.75) is 57.7 Å². The first-order valence-electron chi connectivity index (χ1n) is 8.64. The number of allylic oxidation sites excluding steroid dienone is 1. The van der Waals surface area contributed by atoms with Gasteiger partial charge in [0.25, 0.3) is 0 Å². The highest BCUT2D eigenvalue weighted by Crippen LogP contribution is 2.41. The molecule has 1 unspecified atom stereocenters. The zero-order valence-corrected chi connectivity index (χ0v) is 14.6. The molecule has 136 valence electrons. The number of rotatable bonds is 3. The van der Waals surface area contributed by atoms with Gasteiger partial charge >= 0.3 is 0 Å². The van der Waals surface area contributed by atoms with Crippen molar-refractivity contribution >= 4 is 5.96 Å². The van der Waals surface area contributed by atoms with E-state index in [4.69, 9.17) is 5.73 Å². The summed E-state index contributed by atoms with van der Waals surface area (Å²) in [5, 5.41) is 6.47. The van der Waals surface area contributed by atoms with Crippen LogP contribution in [0.25, 0.3) is 0 Å². The Morgan fingerprint density at radius 1 is 1.28 bits per heavy atom. The highest BCUT2D eigenvalue weighted by atomic mass is 19.3. The van der Waals surface area contributed by atoms with Crippen molar-refractivity contribution in [3.05, 3.63) is 41.4 Å². The van der Waals surface area contributed by atoms with Crippen LogP contribution in [0.2, 0.25) is 0 Å². The molecule has 0 aromatic carbocycles. The van der Waals surface area contributed by atoms with E-state index in [1.807, 2.05) is 32.0 Å². The summed E-state index contributed by atoms with van der Waals surface area (Å²) >= 11 is 0. The van der Waals surface area contributed by atoms with Crippen LogP contribution in [0.4, 0.5) is 8.78 Å². The molecule has 7 heteroatoms. The number of hydrogen-bond acceptors (Lipinski definition) is 3. The van der Waals surface area contributed by atoms with Crippen LogP contribution in [0.5, 0.6) is 0 Å². The van der Waals surface area contributed by atoms with Gasteiger partial charge in [0, 0.05) is 24.7 Å². The molecule has 1 saturated carbocycles. The predicted octanol–water partition coefficient (Wildman–Crippen LogP) is 2.90. The van der Waals surface area contributed by atoms with E-state index in [0.29, 0.717) is 25.3 Å². The largest absolute Gasteiger partial charge is 0.334 e. The Kier molecular flexibility index (Phi) is 4.77. The third kappa shape index (κ3) is 3.81. The molecular weight excluding hydrogens is 324 g/mol. The maximum atomic E-state index is 13.5. The van der Waals surface area contributed by atoms with Gasteiger partial charge in [0.1, 0.15) is 5.66 Å². The van der Waals surface area contributed by atoms with Gasteiger partial charge in [-0.15, -0.1) is 0 Å². The molecule has 1 aromatic heterocycles. The summed E-state index contributed by atoms with van der Waals surface area (Å²) in [5.41, 5.74) is 8.52. The van der Waals surface area contributed by atoms with Crippen molar-refractivity contribution in [1.29, 1.82) is 0 Å². The second kappa shape index (κ2) is 6.71. The summed E-state index contributed by atoms with van der Waals surface area (Å²) in [6, 6.07) is 5.67. The van der Waals surface area contributed by atoms with Gasteiger partial charge in [-0.2, -0.15) is 0 Å². The third-order valence-electron chi connectivity index (χ3n) is 5.30. The van der Waals surface area contributed by atoms with Gasteiger partial charge < -0.3 is 16.4 Å². The lowest BCUT2D eigenvalue weighted by atomic mass is 9.75. The van der Waals surface area contributed by atoms with Crippen molar-refractivity contribution in [2.75, 3.05) is 0 Å². The van der Waals surface area contributed by atoms with Crippen LogP contribution in [-0.2, 0) is 6.54 Å². The number of aromatic nitrogens is 1. The van der Waals surface area contributed by atoms with Crippen molar-refractivity contribution < 1.29 is 8.78 Å². The number of pyridine rings is 1. The Balaban J connectivity index is 1.78. The van der Waals surface area contributed by atoms with Crippen molar-refractivity contribution in [3.8, 4) is 0 Å². The molecule has 0 amide bonds. The lowest BCUT2D eigenvalue weighted by Crippen LogP contribution is -2.67. The van der Waals surface area contributed by atoms with Gasteiger partial charge in [-0.1, -0.05) is 6.07 Å². The smallest absolute Gasteiger partial charge is 0.248 e. The topological polar surface area (TPSA) is 75.3 Å². The average Bonchev–Trinajstić information content (AvgIpc) is 2.58. The molecule has 4 N–H and O–H groups in total. The van der Waals surface area contributed by atoms with Gasteiger partial charge in [-0.3, -0.25) is 4.98 Å². The molecule has 25 heavy (non-hydrogen) atoms. The Labute approximate surface area is 146 Å². The molecule has 1 aliphatic heterocycles. The Hall–Kier alpha value is -2.02. The van der Waals surface area contributed by atoms with Crippen LogP contribution < -0.4 is 16.4 Å². The molecule has 1 atom stereocenters. The molecule has 0 bridgehead atoms. The summed E-state index contributed by atoms with van der Waals surface area (Å²) in [4.78, 5) is 8.78. The summed E-state index contributed by atoms with van der Waals surface area (Å²) in [6.45, 7) is 4.30. The van der Waals surface area contributed by atoms with E-state index in [0.717, 1.165) is 17.0 Å². The summed E-state index contributed by atoms with van der Waals surface area (Å²) < 4.78 is 27.0. The second-order valence-corrected chi connectivity index (χ2v) is 6.99. The van der Waals surface area contributed by atoms with E-state index < -0.39 is 11.6 Å². The predicted molar refractivity (Wildman–Crippen MR) is 93.8 cm³/mol. The van der Waals surface area contributed by atoms with Crippen LogP contribution in [0.1, 0.15) is 45.2 Å². The number of nitrogens with one attached hydrogen (secondary N) is 2. The quantitative estimate of drug-likeness (QED) is 0.784. The van der Waals surface area contributed by atoms with E-state index in [-0.39, 0.29) is 18.8 Å². The first-order valence-corrected chi connectivity index (χ1v) is 8.64. The fourth-order valence-corrected chi connectivity index (χ4v) is 3.54. The number of nitrogens with two attached hydrogens (primary N) is 1. The van der Waals surface area contributed by atoms with E-state index in [1.54, 1.807) is 6.20 Å². The van der Waals surface area contributed by atoms with Gasteiger partial charge in [0.15, 0.2) is 5.96 Å². The van der Waals surface area contributed by atoms with Crippen molar-refractivity contribution in [2.24, 2.45) is 16.6 Å². The highest BCUT2D eigenvalue weighted by Gasteiger charge is 2.46. The van der Waals surface area contributed by atoms with Crippen LogP contribution in [0.15, 0.2) is 40.7 Å². The van der Waals surface area contributed by atoms with Gasteiger partial charge in [0.05, 0.1) is 12.2 Å². The Morgan fingerprint density at radius 3 is 2.64 bits per heavy atom. The minimum Gasteiger partial charge on any atom is -0.334 e. The van der Waals surface area contributed by atoms with E-state index in [2.05, 4.69) is 20.6 Å². The lowest BCUT2D eigenvalue weighted by molar-refractivity contribution is -0.0536. The van der Waals surface area contributed by atoms with E-state index >= 15 is 0 Å². The standard InChI is InChI=1S/C18H25F2N5/c1-12-13(2)24-16(23-11-15-5-3-4-10-22-15)25-18(12,21)14-6-8-17(19,20)9-7-14/h3-5,10,14H,6-9,11,21H2,1-2H3,(H2,23,24,25). The number of hydrogen-bond donors (Lipinski definition) is 3. The van der Waals surface area contributed by atoms with Gasteiger partial charge in [-0.25, -0.2) is 13.8 Å². The minimum absolute atomic E-state index is 0.0516. The molecule has 1 aliphatic carbocycles. The molecule has 0 radical (unpaired) electrons. The first kappa shape index (κ1) is 17.8. The molecule has 0 spiro atoms.